The third-order valence-corrected chi connectivity index (χ3v) is 5.24. The van der Waals surface area contributed by atoms with Crippen molar-refractivity contribution in [2.24, 2.45) is 0 Å². The van der Waals surface area contributed by atoms with E-state index in [2.05, 4.69) is 0 Å². The number of amides is 1. The van der Waals surface area contributed by atoms with E-state index in [4.69, 9.17) is 4.42 Å². The van der Waals surface area contributed by atoms with Crippen molar-refractivity contribution < 1.29 is 13.6 Å². The van der Waals surface area contributed by atoms with Crippen LogP contribution in [0.4, 0.5) is 4.39 Å². The molecule has 0 aliphatic carbocycles. The number of nitrogens with zero attached hydrogens (tertiary/aromatic N) is 2. The highest BCUT2D eigenvalue weighted by molar-refractivity contribution is 8.00. The minimum Gasteiger partial charge on any atom is -0.467 e. The van der Waals surface area contributed by atoms with Crippen LogP contribution >= 0.6 is 11.8 Å². The zero-order valence-corrected chi connectivity index (χ0v) is 13.6. The highest BCUT2D eigenvalue weighted by atomic mass is 32.2. The van der Waals surface area contributed by atoms with Gasteiger partial charge in [-0.05, 0) is 36.4 Å². The summed E-state index contributed by atoms with van der Waals surface area (Å²) in [6.45, 7) is 0.453. The zero-order valence-electron chi connectivity index (χ0n) is 12.8. The highest BCUT2D eigenvalue weighted by Gasteiger charge is 2.33. The number of thioether (sulfide) groups is 1. The molecule has 1 aromatic carbocycles. The van der Waals surface area contributed by atoms with Crippen molar-refractivity contribution in [3.05, 3.63) is 78.3 Å². The van der Waals surface area contributed by atoms with Gasteiger partial charge in [-0.1, -0.05) is 6.07 Å². The lowest BCUT2D eigenvalue weighted by molar-refractivity contribution is -0.128. The quantitative estimate of drug-likeness (QED) is 0.720. The van der Waals surface area contributed by atoms with E-state index < -0.39 is 0 Å². The van der Waals surface area contributed by atoms with E-state index in [9.17, 15) is 9.18 Å². The lowest BCUT2D eigenvalue weighted by Gasteiger charge is -2.22. The second kappa shape index (κ2) is 6.20. The Hall–Kier alpha value is -2.47. The summed E-state index contributed by atoms with van der Waals surface area (Å²) in [4.78, 5) is 14.0. The minimum atomic E-state index is -0.271. The normalized spacial score (nSPS) is 17.6. The Kier molecular flexibility index (Phi) is 3.90. The van der Waals surface area contributed by atoms with Gasteiger partial charge in [0.25, 0.3) is 0 Å². The molecular formula is C18H15FN2O2S. The molecule has 0 unspecified atom stereocenters. The van der Waals surface area contributed by atoms with Crippen LogP contribution in [0, 0.1) is 5.82 Å². The van der Waals surface area contributed by atoms with E-state index in [1.54, 1.807) is 24.1 Å². The third-order valence-electron chi connectivity index (χ3n) is 3.98. The van der Waals surface area contributed by atoms with E-state index in [1.807, 2.05) is 46.1 Å². The van der Waals surface area contributed by atoms with Gasteiger partial charge in [-0.2, -0.15) is 0 Å². The Morgan fingerprint density at radius 1 is 1.25 bits per heavy atom. The summed E-state index contributed by atoms with van der Waals surface area (Å²) in [5.41, 5.74) is 1.77. The first-order valence-electron chi connectivity index (χ1n) is 7.58. The van der Waals surface area contributed by atoms with Crippen LogP contribution in [0.2, 0.25) is 0 Å². The first kappa shape index (κ1) is 15.1. The van der Waals surface area contributed by atoms with Gasteiger partial charge in [-0.15, -0.1) is 11.8 Å². The van der Waals surface area contributed by atoms with Crippen molar-refractivity contribution >= 4 is 17.7 Å². The molecule has 1 aliphatic rings. The molecule has 4 rings (SSSR count). The zero-order chi connectivity index (χ0) is 16.5. The molecule has 1 aliphatic heterocycles. The van der Waals surface area contributed by atoms with Crippen molar-refractivity contribution in [3.8, 4) is 5.69 Å². The number of aromatic nitrogens is 1. The molecule has 0 N–H and O–H groups in total. The number of benzene rings is 1. The Morgan fingerprint density at radius 2 is 2.17 bits per heavy atom. The van der Waals surface area contributed by atoms with Gasteiger partial charge in [-0.25, -0.2) is 4.39 Å². The lowest BCUT2D eigenvalue weighted by Crippen LogP contribution is -2.27. The van der Waals surface area contributed by atoms with Crippen LogP contribution in [0.1, 0.15) is 16.7 Å². The Balaban J connectivity index is 1.60. The summed E-state index contributed by atoms with van der Waals surface area (Å²) < 4.78 is 20.6. The van der Waals surface area contributed by atoms with E-state index in [0.717, 1.165) is 17.0 Å². The maximum Gasteiger partial charge on any atom is 0.234 e. The fraction of sp³-hybridized carbons (Fsp3) is 0.167. The molecule has 2 aromatic heterocycles. The van der Waals surface area contributed by atoms with Crippen LogP contribution in [0.15, 0.2) is 65.5 Å². The number of furan rings is 1. The second-order valence-corrected chi connectivity index (χ2v) is 6.66. The van der Waals surface area contributed by atoms with Crippen LogP contribution in [-0.4, -0.2) is 21.1 Å². The Labute approximate surface area is 142 Å². The molecule has 122 valence electrons. The minimum absolute atomic E-state index is 0.0580. The summed E-state index contributed by atoms with van der Waals surface area (Å²) in [6, 6.07) is 12.1. The van der Waals surface area contributed by atoms with Crippen LogP contribution in [0.25, 0.3) is 5.69 Å². The fourth-order valence-corrected chi connectivity index (χ4v) is 4.00. The Morgan fingerprint density at radius 3 is 2.96 bits per heavy atom. The highest BCUT2D eigenvalue weighted by Crippen LogP contribution is 2.40. The van der Waals surface area contributed by atoms with Crippen LogP contribution < -0.4 is 0 Å². The van der Waals surface area contributed by atoms with Crippen molar-refractivity contribution in [2.45, 2.75) is 11.9 Å². The molecule has 4 nitrogen and oxygen atoms in total. The van der Waals surface area contributed by atoms with Crippen molar-refractivity contribution in [2.75, 3.05) is 5.75 Å². The number of carbonyl (C=O) groups excluding carboxylic acids is 1. The molecule has 3 heterocycles. The molecule has 6 heteroatoms. The topological polar surface area (TPSA) is 38.4 Å². The van der Waals surface area contributed by atoms with E-state index in [1.165, 1.54) is 12.1 Å². The second-order valence-electron chi connectivity index (χ2n) is 5.60. The predicted molar refractivity (Wildman–Crippen MR) is 90.2 cm³/mol. The molecule has 1 atom stereocenters. The number of rotatable bonds is 4. The lowest BCUT2D eigenvalue weighted by atomic mass is 10.3. The molecule has 1 amide bonds. The van der Waals surface area contributed by atoms with Crippen LogP contribution in [-0.2, 0) is 11.3 Å². The number of hydrogen-bond donors (Lipinski definition) is 0. The van der Waals surface area contributed by atoms with Crippen molar-refractivity contribution in [1.29, 1.82) is 0 Å². The average molecular weight is 342 g/mol. The predicted octanol–water partition coefficient (Wildman–Crippen LogP) is 3.98. The molecule has 0 spiro atoms. The van der Waals surface area contributed by atoms with E-state index >= 15 is 0 Å². The van der Waals surface area contributed by atoms with E-state index in [-0.39, 0.29) is 17.1 Å². The number of halogens is 1. The number of carbonyl (C=O) groups is 1. The molecule has 0 bridgehead atoms. The van der Waals surface area contributed by atoms with E-state index in [0.29, 0.717) is 12.3 Å². The van der Waals surface area contributed by atoms with Gasteiger partial charge in [0.1, 0.15) is 17.0 Å². The monoisotopic (exact) mass is 342 g/mol. The number of hydrogen-bond acceptors (Lipinski definition) is 3. The summed E-state index contributed by atoms with van der Waals surface area (Å²) in [6.07, 6.45) is 5.44. The standard InChI is InChI=1S/C18H15FN2O2S/c19-14-3-1-4-15(9-14)20-7-6-13(10-20)18-21(17(22)12-24-18)11-16-5-2-8-23-16/h1-10,18H,11-12H2/t18-/m1/s1. The molecule has 3 aromatic rings. The first-order valence-corrected chi connectivity index (χ1v) is 8.63. The van der Waals surface area contributed by atoms with Gasteiger partial charge < -0.3 is 13.9 Å². The molecule has 1 fully saturated rings. The molecule has 0 radical (unpaired) electrons. The van der Waals surface area contributed by atoms with Gasteiger partial charge in [0.2, 0.25) is 5.91 Å². The maximum absolute atomic E-state index is 13.4. The molecule has 1 saturated heterocycles. The largest absolute Gasteiger partial charge is 0.467 e. The average Bonchev–Trinajstić information content (AvgIpc) is 3.30. The SMILES string of the molecule is O=C1CS[C@H](c2ccn(-c3cccc(F)c3)c2)N1Cc1ccco1. The summed E-state index contributed by atoms with van der Waals surface area (Å²) >= 11 is 1.59. The fourth-order valence-electron chi connectivity index (χ4n) is 2.83. The van der Waals surface area contributed by atoms with Gasteiger partial charge in [0.15, 0.2) is 0 Å². The Bertz CT molecular complexity index is 860. The van der Waals surface area contributed by atoms with Gasteiger partial charge in [-0.3, -0.25) is 4.79 Å². The summed E-state index contributed by atoms with van der Waals surface area (Å²) in [5, 5.41) is -0.0580. The van der Waals surface area contributed by atoms with Gasteiger partial charge >= 0.3 is 0 Å². The third kappa shape index (κ3) is 2.85. The first-order chi connectivity index (χ1) is 11.7. The van der Waals surface area contributed by atoms with Crippen molar-refractivity contribution in [3.63, 3.8) is 0 Å². The van der Waals surface area contributed by atoms with Gasteiger partial charge in [0.05, 0.1) is 18.6 Å². The smallest absolute Gasteiger partial charge is 0.234 e. The van der Waals surface area contributed by atoms with Crippen molar-refractivity contribution in [1.82, 2.24) is 9.47 Å². The van der Waals surface area contributed by atoms with Crippen LogP contribution in [0.3, 0.4) is 0 Å². The summed E-state index contributed by atoms with van der Waals surface area (Å²) in [5.74, 6) is 1.05. The summed E-state index contributed by atoms with van der Waals surface area (Å²) in [7, 11) is 0. The maximum atomic E-state index is 13.4. The van der Waals surface area contributed by atoms with Crippen LogP contribution in [0.5, 0.6) is 0 Å². The molecule has 24 heavy (non-hydrogen) atoms. The molecular weight excluding hydrogens is 327 g/mol. The molecule has 0 saturated carbocycles. The van der Waals surface area contributed by atoms with Gasteiger partial charge in [0, 0.05) is 23.6 Å².